The van der Waals surface area contributed by atoms with E-state index in [1.165, 1.54) is 0 Å². The molecule has 1 fully saturated rings. The Morgan fingerprint density at radius 3 is 2.44 bits per heavy atom. The first-order valence-electron chi connectivity index (χ1n) is 5.52. The fourth-order valence-electron chi connectivity index (χ4n) is 2.00. The first-order valence-corrected chi connectivity index (χ1v) is 5.52. The number of hydrogen-bond donors (Lipinski definition) is 0. The normalized spacial score (nSPS) is 25.9. The first-order chi connectivity index (χ1) is 7.54. The van der Waals surface area contributed by atoms with Gasteiger partial charge in [-0.05, 0) is 20.3 Å². The van der Waals surface area contributed by atoms with Gasteiger partial charge in [0.25, 0.3) is 0 Å². The van der Waals surface area contributed by atoms with Crippen LogP contribution in [0.15, 0.2) is 12.7 Å². The van der Waals surface area contributed by atoms with Crippen molar-refractivity contribution in [1.82, 2.24) is 0 Å². The second kappa shape index (κ2) is 5.77. The Hall–Kier alpha value is -0.420. The lowest BCUT2D eigenvalue weighted by Gasteiger charge is -2.28. The molecule has 0 amide bonds. The van der Waals surface area contributed by atoms with Crippen LogP contribution in [0.1, 0.15) is 20.3 Å². The SMILES string of the molecule is C=CC[C@H](C(OC)OC)[C@H]1COC(C)(C)O1. The molecule has 1 saturated heterocycles. The van der Waals surface area contributed by atoms with Crippen molar-refractivity contribution in [2.45, 2.75) is 38.4 Å². The molecule has 1 heterocycles. The number of allylic oxidation sites excluding steroid dienone is 1. The van der Waals surface area contributed by atoms with Crippen molar-refractivity contribution in [2.75, 3.05) is 20.8 Å². The van der Waals surface area contributed by atoms with Crippen LogP contribution in [0.5, 0.6) is 0 Å². The molecule has 1 rings (SSSR count). The summed E-state index contributed by atoms with van der Waals surface area (Å²) in [6, 6.07) is 0. The van der Waals surface area contributed by atoms with Crippen molar-refractivity contribution in [3.05, 3.63) is 12.7 Å². The Balaban J connectivity index is 2.66. The van der Waals surface area contributed by atoms with Crippen molar-refractivity contribution in [2.24, 2.45) is 5.92 Å². The Morgan fingerprint density at radius 2 is 2.06 bits per heavy atom. The van der Waals surface area contributed by atoms with Gasteiger partial charge in [-0.15, -0.1) is 6.58 Å². The molecule has 94 valence electrons. The van der Waals surface area contributed by atoms with Crippen LogP contribution < -0.4 is 0 Å². The second-order valence-electron chi connectivity index (χ2n) is 4.40. The summed E-state index contributed by atoms with van der Waals surface area (Å²) in [7, 11) is 3.26. The summed E-state index contributed by atoms with van der Waals surface area (Å²) >= 11 is 0. The average molecular weight is 230 g/mol. The minimum Gasteiger partial charge on any atom is -0.356 e. The van der Waals surface area contributed by atoms with Gasteiger partial charge in [0.1, 0.15) is 0 Å². The van der Waals surface area contributed by atoms with E-state index in [4.69, 9.17) is 18.9 Å². The quantitative estimate of drug-likeness (QED) is 0.516. The molecule has 0 aliphatic carbocycles. The van der Waals surface area contributed by atoms with E-state index in [0.717, 1.165) is 6.42 Å². The van der Waals surface area contributed by atoms with Gasteiger partial charge in [0.15, 0.2) is 12.1 Å². The maximum absolute atomic E-state index is 5.82. The van der Waals surface area contributed by atoms with Crippen molar-refractivity contribution in [1.29, 1.82) is 0 Å². The maximum Gasteiger partial charge on any atom is 0.163 e. The van der Waals surface area contributed by atoms with Gasteiger partial charge in [0, 0.05) is 20.1 Å². The largest absolute Gasteiger partial charge is 0.356 e. The summed E-state index contributed by atoms with van der Waals surface area (Å²) in [5.41, 5.74) is 0. The number of hydrogen-bond acceptors (Lipinski definition) is 4. The van der Waals surface area contributed by atoms with E-state index in [1.54, 1.807) is 14.2 Å². The Bertz CT molecular complexity index is 223. The van der Waals surface area contributed by atoms with Crippen LogP contribution in [0.4, 0.5) is 0 Å². The van der Waals surface area contributed by atoms with Crippen molar-refractivity contribution in [3.63, 3.8) is 0 Å². The zero-order valence-corrected chi connectivity index (χ0v) is 10.6. The van der Waals surface area contributed by atoms with Gasteiger partial charge in [-0.3, -0.25) is 0 Å². The van der Waals surface area contributed by atoms with Crippen molar-refractivity contribution in [3.8, 4) is 0 Å². The van der Waals surface area contributed by atoms with Gasteiger partial charge < -0.3 is 18.9 Å². The Kier molecular flexibility index (Phi) is 4.92. The molecule has 0 radical (unpaired) electrons. The zero-order chi connectivity index (χ0) is 12.2. The van der Waals surface area contributed by atoms with Gasteiger partial charge in [-0.25, -0.2) is 0 Å². The van der Waals surface area contributed by atoms with E-state index < -0.39 is 5.79 Å². The highest BCUT2D eigenvalue weighted by Gasteiger charge is 2.40. The van der Waals surface area contributed by atoms with E-state index in [1.807, 2.05) is 19.9 Å². The lowest BCUT2D eigenvalue weighted by molar-refractivity contribution is -0.185. The topological polar surface area (TPSA) is 36.9 Å². The smallest absolute Gasteiger partial charge is 0.163 e. The molecule has 0 aromatic rings. The molecule has 1 aliphatic heterocycles. The van der Waals surface area contributed by atoms with Gasteiger partial charge in [0.2, 0.25) is 0 Å². The van der Waals surface area contributed by atoms with Crippen molar-refractivity contribution >= 4 is 0 Å². The molecule has 1 aliphatic rings. The molecule has 0 bridgehead atoms. The van der Waals surface area contributed by atoms with Crippen LogP contribution in [0.25, 0.3) is 0 Å². The van der Waals surface area contributed by atoms with Crippen LogP contribution in [0, 0.1) is 5.92 Å². The van der Waals surface area contributed by atoms with Gasteiger partial charge in [-0.1, -0.05) is 6.08 Å². The molecule has 2 atom stereocenters. The van der Waals surface area contributed by atoms with E-state index in [2.05, 4.69) is 6.58 Å². The number of methoxy groups -OCH3 is 2. The number of ether oxygens (including phenoxy) is 4. The monoisotopic (exact) mass is 230 g/mol. The summed E-state index contributed by atoms with van der Waals surface area (Å²) in [4.78, 5) is 0. The van der Waals surface area contributed by atoms with E-state index in [0.29, 0.717) is 6.61 Å². The van der Waals surface area contributed by atoms with Crippen LogP contribution >= 0.6 is 0 Å². The summed E-state index contributed by atoms with van der Waals surface area (Å²) in [6.07, 6.45) is 2.32. The molecule has 0 aromatic carbocycles. The number of rotatable bonds is 6. The Labute approximate surface area is 97.5 Å². The third-order valence-corrected chi connectivity index (χ3v) is 2.76. The fraction of sp³-hybridized carbons (Fsp3) is 0.833. The highest BCUT2D eigenvalue weighted by molar-refractivity contribution is 4.85. The molecule has 0 unspecified atom stereocenters. The van der Waals surface area contributed by atoms with E-state index in [-0.39, 0.29) is 18.3 Å². The lowest BCUT2D eigenvalue weighted by atomic mass is 9.98. The minimum absolute atomic E-state index is 0.0158. The lowest BCUT2D eigenvalue weighted by Crippen LogP contribution is -2.36. The molecule has 0 N–H and O–H groups in total. The standard InChI is InChI=1S/C12H22O4/c1-6-7-9(11(13-4)14-5)10-8-15-12(2,3)16-10/h6,9-11H,1,7-8H2,2-5H3/t9-,10+/m0/s1. The predicted octanol–water partition coefficient (Wildman–Crippen LogP) is 1.95. The molecular formula is C12H22O4. The fourth-order valence-corrected chi connectivity index (χ4v) is 2.00. The highest BCUT2D eigenvalue weighted by Crippen LogP contribution is 2.31. The average Bonchev–Trinajstić information content (AvgIpc) is 2.59. The summed E-state index contributed by atoms with van der Waals surface area (Å²) in [5.74, 6) is -0.412. The highest BCUT2D eigenvalue weighted by atomic mass is 16.7. The molecular weight excluding hydrogens is 208 g/mol. The molecule has 0 aromatic heterocycles. The van der Waals surface area contributed by atoms with Crippen molar-refractivity contribution < 1.29 is 18.9 Å². The van der Waals surface area contributed by atoms with Crippen LogP contribution in [0.2, 0.25) is 0 Å². The van der Waals surface area contributed by atoms with Crippen LogP contribution in [-0.2, 0) is 18.9 Å². The van der Waals surface area contributed by atoms with Gasteiger partial charge >= 0.3 is 0 Å². The summed E-state index contributed by atoms with van der Waals surface area (Å²) in [6.45, 7) is 8.13. The predicted molar refractivity (Wildman–Crippen MR) is 61.0 cm³/mol. The summed E-state index contributed by atoms with van der Waals surface area (Å²) < 4.78 is 21.9. The minimum atomic E-state index is -0.518. The molecule has 4 nitrogen and oxygen atoms in total. The third-order valence-electron chi connectivity index (χ3n) is 2.76. The maximum atomic E-state index is 5.82. The zero-order valence-electron chi connectivity index (χ0n) is 10.6. The molecule has 0 saturated carbocycles. The second-order valence-corrected chi connectivity index (χ2v) is 4.40. The molecule has 4 heteroatoms. The van der Waals surface area contributed by atoms with Gasteiger partial charge in [0.05, 0.1) is 12.7 Å². The van der Waals surface area contributed by atoms with Gasteiger partial charge in [-0.2, -0.15) is 0 Å². The summed E-state index contributed by atoms with van der Waals surface area (Å²) in [5, 5.41) is 0. The van der Waals surface area contributed by atoms with E-state index >= 15 is 0 Å². The third kappa shape index (κ3) is 3.28. The van der Waals surface area contributed by atoms with Crippen LogP contribution in [-0.4, -0.2) is 39.0 Å². The molecule has 16 heavy (non-hydrogen) atoms. The van der Waals surface area contributed by atoms with E-state index in [9.17, 15) is 0 Å². The molecule has 0 spiro atoms. The van der Waals surface area contributed by atoms with Crippen LogP contribution in [0.3, 0.4) is 0 Å². The first kappa shape index (κ1) is 13.6. The Morgan fingerprint density at radius 1 is 1.44 bits per heavy atom.